The van der Waals surface area contributed by atoms with Crippen LogP contribution < -0.4 is 20.9 Å². The molecule has 12 heteroatoms. The molecular formula is C26H27N3O9. The summed E-state index contributed by atoms with van der Waals surface area (Å²) in [7, 11) is 0. The molecule has 200 valence electrons. The Kier molecular flexibility index (Phi) is 7.24. The van der Waals surface area contributed by atoms with Crippen LogP contribution in [0.5, 0.6) is 11.5 Å². The second-order valence-electron chi connectivity index (χ2n) is 9.23. The van der Waals surface area contributed by atoms with Crippen LogP contribution in [-0.4, -0.2) is 63.5 Å². The summed E-state index contributed by atoms with van der Waals surface area (Å²) in [5, 5.41) is 19.1. The number of benzene rings is 2. The molecule has 0 spiro atoms. The number of carbonyl (C=O) groups is 5. The number of anilines is 1. The van der Waals surface area contributed by atoms with E-state index in [4.69, 9.17) is 20.9 Å². The smallest absolute Gasteiger partial charge is 0.343 e. The van der Waals surface area contributed by atoms with E-state index in [1.165, 1.54) is 18.2 Å². The van der Waals surface area contributed by atoms with Crippen molar-refractivity contribution in [3.63, 3.8) is 0 Å². The third-order valence-electron chi connectivity index (χ3n) is 6.94. The van der Waals surface area contributed by atoms with Crippen molar-refractivity contribution in [3.05, 3.63) is 53.1 Å². The summed E-state index contributed by atoms with van der Waals surface area (Å²) >= 11 is 0. The summed E-state index contributed by atoms with van der Waals surface area (Å²) < 4.78 is 11.5. The van der Waals surface area contributed by atoms with E-state index in [1.807, 2.05) is 0 Å². The van der Waals surface area contributed by atoms with Crippen LogP contribution in [0.15, 0.2) is 36.4 Å². The first-order valence-electron chi connectivity index (χ1n) is 12.0. The molecule has 0 aliphatic carbocycles. The molecule has 2 aromatic rings. The van der Waals surface area contributed by atoms with Gasteiger partial charge in [-0.25, -0.2) is 4.79 Å². The summed E-state index contributed by atoms with van der Waals surface area (Å²) in [6.45, 7) is 0.101. The number of aryl methyl sites for hydroxylation is 1. The molecule has 2 heterocycles. The van der Waals surface area contributed by atoms with Gasteiger partial charge in [-0.05, 0) is 61.6 Å². The van der Waals surface area contributed by atoms with Gasteiger partial charge in [-0.15, -0.1) is 0 Å². The van der Waals surface area contributed by atoms with Gasteiger partial charge in [0.25, 0.3) is 5.91 Å². The average molecular weight is 526 g/mol. The molecule has 2 aromatic carbocycles. The number of carbonyl (C=O) groups excluding carboxylic acids is 3. The number of aliphatic carboxylic acids is 2. The maximum Gasteiger partial charge on any atom is 0.343 e. The van der Waals surface area contributed by atoms with Crippen molar-refractivity contribution in [3.8, 4) is 11.5 Å². The first-order chi connectivity index (χ1) is 18.1. The number of nitrogen functional groups attached to an aromatic ring is 1. The standard InChI is InChI=1S/C26H27N3O9/c27-15-7-8-16-14(12-15)4-2-11-37-21-17(5-1-6-19(21)38-24(16)35)22(32)29-10-3-9-26(29,25(28)36)18(23(33)34)13-20(30)31/h1,5-8,12,18H,2-4,9-11,13,27H2,(H2,28,36)(H,30,31)(H,33,34)/t18?,26-/m1/s1. The van der Waals surface area contributed by atoms with Crippen molar-refractivity contribution in [2.75, 3.05) is 18.9 Å². The van der Waals surface area contributed by atoms with Crippen molar-refractivity contribution in [1.29, 1.82) is 0 Å². The molecule has 2 aliphatic heterocycles. The number of likely N-dealkylation sites (tertiary alicyclic amines) is 1. The van der Waals surface area contributed by atoms with Gasteiger partial charge >= 0.3 is 17.9 Å². The number of rotatable bonds is 6. The monoisotopic (exact) mass is 525 g/mol. The number of hydrogen-bond acceptors (Lipinski definition) is 8. The fourth-order valence-corrected chi connectivity index (χ4v) is 5.22. The Balaban J connectivity index is 1.76. The summed E-state index contributed by atoms with van der Waals surface area (Å²) in [4.78, 5) is 64.1. The molecule has 4 rings (SSSR count). The molecular weight excluding hydrogens is 498 g/mol. The van der Waals surface area contributed by atoms with Gasteiger partial charge in [-0.2, -0.15) is 0 Å². The van der Waals surface area contributed by atoms with Crippen molar-refractivity contribution >= 4 is 35.4 Å². The Bertz CT molecular complexity index is 1330. The number of esters is 1. The van der Waals surface area contributed by atoms with Crippen LogP contribution in [0, 0.1) is 5.92 Å². The van der Waals surface area contributed by atoms with Gasteiger partial charge in [0.05, 0.1) is 30.1 Å². The maximum absolute atomic E-state index is 13.9. The highest BCUT2D eigenvalue weighted by atomic mass is 16.6. The number of nitrogens with zero attached hydrogens (tertiary/aromatic N) is 1. The highest BCUT2D eigenvalue weighted by Gasteiger charge is 2.57. The van der Waals surface area contributed by atoms with Gasteiger partial charge in [0.15, 0.2) is 11.5 Å². The molecule has 12 nitrogen and oxygen atoms in total. The lowest BCUT2D eigenvalue weighted by Crippen LogP contribution is -2.62. The molecule has 2 atom stereocenters. The van der Waals surface area contributed by atoms with Crippen LogP contribution in [0.1, 0.15) is 52.0 Å². The van der Waals surface area contributed by atoms with E-state index in [-0.39, 0.29) is 43.1 Å². The molecule has 0 saturated carbocycles. The van der Waals surface area contributed by atoms with Crippen LogP contribution in [0.25, 0.3) is 0 Å². The highest BCUT2D eigenvalue weighted by Crippen LogP contribution is 2.42. The molecule has 38 heavy (non-hydrogen) atoms. The number of fused-ring (bicyclic) bond motifs is 2. The fourth-order valence-electron chi connectivity index (χ4n) is 5.22. The molecule has 0 bridgehead atoms. The van der Waals surface area contributed by atoms with E-state index in [0.717, 1.165) is 4.90 Å². The van der Waals surface area contributed by atoms with E-state index in [9.17, 15) is 34.2 Å². The van der Waals surface area contributed by atoms with Crippen LogP contribution in [0.2, 0.25) is 0 Å². The number of carboxylic acid groups (broad SMARTS) is 2. The lowest BCUT2D eigenvalue weighted by molar-refractivity contribution is -0.156. The first-order valence-corrected chi connectivity index (χ1v) is 12.0. The van der Waals surface area contributed by atoms with Crippen molar-refractivity contribution < 1.29 is 43.7 Å². The lowest BCUT2D eigenvalue weighted by Gasteiger charge is -2.39. The van der Waals surface area contributed by atoms with Crippen molar-refractivity contribution in [2.24, 2.45) is 11.7 Å². The molecule has 0 aromatic heterocycles. The Labute approximate surface area is 217 Å². The van der Waals surface area contributed by atoms with Crippen molar-refractivity contribution in [1.82, 2.24) is 4.90 Å². The van der Waals surface area contributed by atoms with E-state index in [1.54, 1.807) is 18.2 Å². The quantitative estimate of drug-likeness (QED) is 0.243. The molecule has 6 N–H and O–H groups in total. The van der Waals surface area contributed by atoms with E-state index in [2.05, 4.69) is 0 Å². The van der Waals surface area contributed by atoms with Gasteiger partial charge in [0, 0.05) is 12.2 Å². The fraction of sp³-hybridized carbons (Fsp3) is 0.346. The SMILES string of the molecule is NC(=O)[C@]1(C(CC(=O)O)C(=O)O)CCCN1C(=O)c1cccc2c1OCCCc1cc(N)ccc1C(=O)O2. The zero-order chi connectivity index (χ0) is 27.6. The second-order valence-corrected chi connectivity index (χ2v) is 9.23. The minimum Gasteiger partial charge on any atom is -0.489 e. The first kappa shape index (κ1) is 26.5. The number of nitrogens with two attached hydrogens (primary N) is 2. The largest absolute Gasteiger partial charge is 0.489 e. The normalized spacial score (nSPS) is 19.8. The minimum atomic E-state index is -2.07. The van der Waals surface area contributed by atoms with Crippen molar-refractivity contribution in [2.45, 2.75) is 37.6 Å². The number of ether oxygens (including phenoxy) is 2. The molecule has 2 aliphatic rings. The third kappa shape index (κ3) is 4.72. The minimum absolute atomic E-state index is 0.0383. The molecule has 1 saturated heterocycles. The predicted octanol–water partition coefficient (Wildman–Crippen LogP) is 1.45. The number of hydrogen-bond donors (Lipinski definition) is 4. The Morgan fingerprint density at radius 1 is 1.11 bits per heavy atom. The molecule has 2 amide bonds. The van der Waals surface area contributed by atoms with E-state index in [0.29, 0.717) is 29.7 Å². The summed E-state index contributed by atoms with van der Waals surface area (Å²) in [5.74, 6) is -7.49. The Morgan fingerprint density at radius 2 is 1.87 bits per heavy atom. The number of amides is 2. The predicted molar refractivity (Wildman–Crippen MR) is 132 cm³/mol. The van der Waals surface area contributed by atoms with Crippen LogP contribution in [0.3, 0.4) is 0 Å². The van der Waals surface area contributed by atoms with Gasteiger partial charge in [-0.1, -0.05) is 6.07 Å². The maximum atomic E-state index is 13.9. The lowest BCUT2D eigenvalue weighted by atomic mass is 9.78. The average Bonchev–Trinajstić information content (AvgIpc) is 3.31. The van der Waals surface area contributed by atoms with Gasteiger partial charge in [0.2, 0.25) is 5.91 Å². The molecule has 1 fully saturated rings. The van der Waals surface area contributed by atoms with Crippen LogP contribution >= 0.6 is 0 Å². The third-order valence-corrected chi connectivity index (χ3v) is 6.94. The van der Waals surface area contributed by atoms with E-state index < -0.39 is 47.6 Å². The van der Waals surface area contributed by atoms with Gasteiger partial charge in [0.1, 0.15) is 5.54 Å². The summed E-state index contributed by atoms with van der Waals surface area (Å²) in [6, 6.07) is 9.11. The highest BCUT2D eigenvalue weighted by molar-refractivity contribution is 6.04. The van der Waals surface area contributed by atoms with Gasteiger partial charge in [-0.3, -0.25) is 19.2 Å². The van der Waals surface area contributed by atoms with Crippen LogP contribution in [-0.2, 0) is 20.8 Å². The molecule has 0 radical (unpaired) electrons. The summed E-state index contributed by atoms with van der Waals surface area (Å²) in [5.41, 5.74) is 10.9. The number of carboxylic acids is 2. The Morgan fingerprint density at radius 3 is 2.55 bits per heavy atom. The molecule has 1 unspecified atom stereocenters. The van der Waals surface area contributed by atoms with Crippen LogP contribution in [0.4, 0.5) is 5.69 Å². The number of para-hydroxylation sites is 1. The second kappa shape index (κ2) is 10.4. The Hall–Kier alpha value is -4.61. The summed E-state index contributed by atoms with van der Waals surface area (Å²) in [6.07, 6.45) is 0.118. The topological polar surface area (TPSA) is 200 Å². The number of primary amides is 1. The van der Waals surface area contributed by atoms with E-state index >= 15 is 0 Å². The zero-order valence-electron chi connectivity index (χ0n) is 20.3. The zero-order valence-corrected chi connectivity index (χ0v) is 20.3. The van der Waals surface area contributed by atoms with Gasteiger partial charge < -0.3 is 36.1 Å².